The first-order valence-corrected chi connectivity index (χ1v) is 5.67. The molecule has 15 heavy (non-hydrogen) atoms. The smallest absolute Gasteiger partial charge is 0.138 e. The van der Waals surface area contributed by atoms with Gasteiger partial charge in [-0.2, -0.15) is 0 Å². The van der Waals surface area contributed by atoms with E-state index in [9.17, 15) is 4.79 Å². The van der Waals surface area contributed by atoms with Gasteiger partial charge in [0.05, 0.1) is 0 Å². The SMILES string of the molecule is O=C1CCC2CN(c3ccccc3)CC12. The van der Waals surface area contributed by atoms with Crippen molar-refractivity contribution >= 4 is 11.5 Å². The van der Waals surface area contributed by atoms with Crippen molar-refractivity contribution in [3.63, 3.8) is 0 Å². The molecule has 2 heteroatoms. The third-order valence-electron chi connectivity index (χ3n) is 3.74. The number of rotatable bonds is 1. The topological polar surface area (TPSA) is 20.3 Å². The Labute approximate surface area is 89.9 Å². The van der Waals surface area contributed by atoms with Gasteiger partial charge in [-0.25, -0.2) is 0 Å². The molecule has 0 N–H and O–H groups in total. The maximum Gasteiger partial charge on any atom is 0.138 e. The minimum Gasteiger partial charge on any atom is -0.370 e. The molecule has 2 unspecified atom stereocenters. The molecule has 0 bridgehead atoms. The number of benzene rings is 1. The predicted molar refractivity (Wildman–Crippen MR) is 59.9 cm³/mol. The zero-order chi connectivity index (χ0) is 10.3. The van der Waals surface area contributed by atoms with Gasteiger partial charge < -0.3 is 4.90 Å². The highest BCUT2D eigenvalue weighted by atomic mass is 16.1. The molecule has 0 aromatic heterocycles. The molecule has 1 saturated heterocycles. The molecule has 78 valence electrons. The summed E-state index contributed by atoms with van der Waals surface area (Å²) in [6.45, 7) is 2.01. The number of carbonyl (C=O) groups is 1. The Balaban J connectivity index is 1.80. The fourth-order valence-electron chi connectivity index (χ4n) is 2.89. The number of para-hydroxylation sites is 1. The van der Waals surface area contributed by atoms with Gasteiger partial charge in [0, 0.05) is 31.1 Å². The van der Waals surface area contributed by atoms with Crippen LogP contribution in [0.25, 0.3) is 0 Å². The lowest BCUT2D eigenvalue weighted by molar-refractivity contribution is -0.120. The Kier molecular flexibility index (Phi) is 2.01. The van der Waals surface area contributed by atoms with Gasteiger partial charge in [-0.15, -0.1) is 0 Å². The second-order valence-corrected chi connectivity index (χ2v) is 4.61. The summed E-state index contributed by atoms with van der Waals surface area (Å²) in [7, 11) is 0. The normalized spacial score (nSPS) is 29.6. The average Bonchev–Trinajstić information content (AvgIpc) is 2.83. The first kappa shape index (κ1) is 8.96. The molecule has 2 fully saturated rings. The van der Waals surface area contributed by atoms with Gasteiger partial charge in [-0.1, -0.05) is 18.2 Å². The molecule has 2 nitrogen and oxygen atoms in total. The van der Waals surface area contributed by atoms with E-state index in [-0.39, 0.29) is 0 Å². The summed E-state index contributed by atoms with van der Waals surface area (Å²) in [4.78, 5) is 14.0. The van der Waals surface area contributed by atoms with E-state index in [1.807, 2.05) is 6.07 Å². The lowest BCUT2D eigenvalue weighted by Crippen LogP contribution is -2.22. The lowest BCUT2D eigenvalue weighted by atomic mass is 10.0. The number of ketones is 1. The van der Waals surface area contributed by atoms with E-state index < -0.39 is 0 Å². The fourth-order valence-corrected chi connectivity index (χ4v) is 2.89. The Bertz CT molecular complexity index is 373. The van der Waals surface area contributed by atoms with E-state index in [4.69, 9.17) is 0 Å². The van der Waals surface area contributed by atoms with Crippen molar-refractivity contribution in [3.8, 4) is 0 Å². The average molecular weight is 201 g/mol. The van der Waals surface area contributed by atoms with Crippen LogP contribution in [0.3, 0.4) is 0 Å². The summed E-state index contributed by atoms with van der Waals surface area (Å²) >= 11 is 0. The van der Waals surface area contributed by atoms with Crippen LogP contribution < -0.4 is 4.90 Å². The Morgan fingerprint density at radius 3 is 2.67 bits per heavy atom. The molecule has 1 saturated carbocycles. The highest BCUT2D eigenvalue weighted by molar-refractivity contribution is 5.85. The molecule has 0 radical (unpaired) electrons. The van der Waals surface area contributed by atoms with Crippen LogP contribution in [0.5, 0.6) is 0 Å². The predicted octanol–water partition coefficient (Wildman–Crippen LogP) is 2.10. The number of nitrogens with zero attached hydrogens (tertiary/aromatic N) is 1. The van der Waals surface area contributed by atoms with E-state index in [1.165, 1.54) is 5.69 Å². The molecule has 1 aliphatic carbocycles. The summed E-state index contributed by atoms with van der Waals surface area (Å²) in [6, 6.07) is 10.4. The highest BCUT2D eigenvalue weighted by Gasteiger charge is 2.41. The molecule has 0 spiro atoms. The number of carbonyl (C=O) groups excluding carboxylic acids is 1. The Morgan fingerprint density at radius 1 is 1.13 bits per heavy atom. The molecule has 1 heterocycles. The van der Waals surface area contributed by atoms with Crippen LogP contribution in [0.1, 0.15) is 12.8 Å². The summed E-state index contributed by atoms with van der Waals surface area (Å²) in [6.07, 6.45) is 1.92. The molecule has 3 rings (SSSR count). The van der Waals surface area contributed by atoms with E-state index in [1.54, 1.807) is 0 Å². The van der Waals surface area contributed by atoms with Gasteiger partial charge in [0.25, 0.3) is 0 Å². The van der Waals surface area contributed by atoms with Crippen molar-refractivity contribution in [3.05, 3.63) is 30.3 Å². The maximum absolute atomic E-state index is 11.6. The third kappa shape index (κ3) is 1.44. The molecule has 1 aromatic carbocycles. The van der Waals surface area contributed by atoms with Gasteiger partial charge in [-0.05, 0) is 24.5 Å². The number of hydrogen-bond donors (Lipinski definition) is 0. The van der Waals surface area contributed by atoms with Crippen molar-refractivity contribution in [1.82, 2.24) is 0 Å². The molecular weight excluding hydrogens is 186 g/mol. The quantitative estimate of drug-likeness (QED) is 0.693. The number of anilines is 1. The van der Waals surface area contributed by atoms with Crippen LogP contribution in [0.4, 0.5) is 5.69 Å². The van der Waals surface area contributed by atoms with Crippen LogP contribution in [0, 0.1) is 11.8 Å². The summed E-state index contributed by atoms with van der Waals surface area (Å²) < 4.78 is 0. The van der Waals surface area contributed by atoms with Crippen LogP contribution in [0.2, 0.25) is 0 Å². The van der Waals surface area contributed by atoms with E-state index >= 15 is 0 Å². The molecule has 0 amide bonds. The molecule has 2 aliphatic rings. The molecule has 1 aromatic rings. The van der Waals surface area contributed by atoms with Crippen LogP contribution >= 0.6 is 0 Å². The van der Waals surface area contributed by atoms with Crippen molar-refractivity contribution in [2.75, 3.05) is 18.0 Å². The van der Waals surface area contributed by atoms with E-state index in [2.05, 4.69) is 29.2 Å². The standard InChI is InChI=1S/C13H15NO/c15-13-7-6-10-8-14(9-12(10)13)11-4-2-1-3-5-11/h1-5,10,12H,6-9H2. The minimum atomic E-state index is 0.324. The second-order valence-electron chi connectivity index (χ2n) is 4.61. The van der Waals surface area contributed by atoms with E-state index in [0.717, 1.165) is 25.9 Å². The molecule has 2 atom stereocenters. The number of hydrogen-bond acceptors (Lipinski definition) is 2. The fraction of sp³-hybridized carbons (Fsp3) is 0.462. The van der Waals surface area contributed by atoms with Crippen LogP contribution in [-0.2, 0) is 4.79 Å². The minimum absolute atomic E-state index is 0.324. The first-order chi connectivity index (χ1) is 7.34. The largest absolute Gasteiger partial charge is 0.370 e. The van der Waals surface area contributed by atoms with Gasteiger partial charge in [0.2, 0.25) is 0 Å². The summed E-state index contributed by atoms with van der Waals surface area (Å²) in [5, 5.41) is 0. The Hall–Kier alpha value is -1.31. The van der Waals surface area contributed by atoms with E-state index in [0.29, 0.717) is 17.6 Å². The van der Waals surface area contributed by atoms with Gasteiger partial charge >= 0.3 is 0 Å². The third-order valence-corrected chi connectivity index (χ3v) is 3.74. The van der Waals surface area contributed by atoms with Crippen molar-refractivity contribution in [2.45, 2.75) is 12.8 Å². The van der Waals surface area contributed by atoms with Gasteiger partial charge in [0.1, 0.15) is 5.78 Å². The zero-order valence-electron chi connectivity index (χ0n) is 8.73. The van der Waals surface area contributed by atoms with Crippen LogP contribution in [-0.4, -0.2) is 18.9 Å². The summed E-state index contributed by atoms with van der Waals surface area (Å²) in [5.41, 5.74) is 1.26. The molecular formula is C13H15NO. The molecule has 1 aliphatic heterocycles. The second kappa shape index (κ2) is 3.37. The van der Waals surface area contributed by atoms with Crippen molar-refractivity contribution < 1.29 is 4.79 Å². The van der Waals surface area contributed by atoms with Crippen molar-refractivity contribution in [2.24, 2.45) is 11.8 Å². The zero-order valence-corrected chi connectivity index (χ0v) is 8.73. The monoisotopic (exact) mass is 201 g/mol. The van der Waals surface area contributed by atoms with Gasteiger partial charge in [0.15, 0.2) is 0 Å². The van der Waals surface area contributed by atoms with Crippen LogP contribution in [0.15, 0.2) is 30.3 Å². The first-order valence-electron chi connectivity index (χ1n) is 5.67. The lowest BCUT2D eigenvalue weighted by Gasteiger charge is -2.18. The summed E-state index contributed by atoms with van der Waals surface area (Å²) in [5.74, 6) is 1.43. The van der Waals surface area contributed by atoms with Gasteiger partial charge in [-0.3, -0.25) is 4.79 Å². The Morgan fingerprint density at radius 2 is 1.93 bits per heavy atom. The van der Waals surface area contributed by atoms with Crippen molar-refractivity contribution in [1.29, 1.82) is 0 Å². The number of fused-ring (bicyclic) bond motifs is 1. The highest BCUT2D eigenvalue weighted by Crippen LogP contribution is 2.37. The number of Topliss-reactive ketones (excluding diaryl/α,β-unsaturated/α-hetero) is 1. The maximum atomic E-state index is 11.6.